The van der Waals surface area contributed by atoms with Crippen LogP contribution in [0.3, 0.4) is 0 Å². The molecule has 1 rings (SSSR count). The Kier molecular flexibility index (Phi) is 2.05. The van der Waals surface area contributed by atoms with Crippen LogP contribution in [0.25, 0.3) is 0 Å². The van der Waals surface area contributed by atoms with Crippen LogP contribution in [0.1, 0.15) is 17.3 Å². The standard InChI is InChI=1S/C7H7NO2S/c1-5(9)6-2-3-8(10)7(11)4-6/h2-4,10H,1H3. The second kappa shape index (κ2) is 2.84. The van der Waals surface area contributed by atoms with Gasteiger partial charge in [-0.3, -0.25) is 4.79 Å². The molecular formula is C7H7NO2S. The Morgan fingerprint density at radius 1 is 1.73 bits per heavy atom. The molecule has 0 aliphatic carbocycles. The van der Waals surface area contributed by atoms with Gasteiger partial charge < -0.3 is 5.21 Å². The molecular weight excluding hydrogens is 162 g/mol. The maximum atomic E-state index is 10.8. The SMILES string of the molecule is CC(=O)c1ccn(O)c(=S)c1. The zero-order chi connectivity index (χ0) is 8.43. The van der Waals surface area contributed by atoms with E-state index in [9.17, 15) is 4.79 Å². The lowest BCUT2D eigenvalue weighted by Crippen LogP contribution is -1.97. The van der Waals surface area contributed by atoms with Gasteiger partial charge in [0.25, 0.3) is 0 Å². The number of rotatable bonds is 1. The van der Waals surface area contributed by atoms with Gasteiger partial charge in [0.2, 0.25) is 0 Å². The van der Waals surface area contributed by atoms with E-state index in [2.05, 4.69) is 0 Å². The van der Waals surface area contributed by atoms with Crippen molar-refractivity contribution >= 4 is 18.0 Å². The van der Waals surface area contributed by atoms with E-state index in [1.165, 1.54) is 25.3 Å². The van der Waals surface area contributed by atoms with E-state index < -0.39 is 0 Å². The molecule has 0 saturated heterocycles. The lowest BCUT2D eigenvalue weighted by molar-refractivity contribution is 0.101. The number of nitrogens with zero attached hydrogens (tertiary/aromatic N) is 1. The van der Waals surface area contributed by atoms with Crippen LogP contribution in [0.15, 0.2) is 18.3 Å². The molecule has 1 aromatic rings. The van der Waals surface area contributed by atoms with Crippen LogP contribution in [0.5, 0.6) is 0 Å². The molecule has 0 aliphatic heterocycles. The van der Waals surface area contributed by atoms with Crippen molar-refractivity contribution in [2.24, 2.45) is 0 Å². The van der Waals surface area contributed by atoms with E-state index in [0.29, 0.717) is 5.56 Å². The van der Waals surface area contributed by atoms with Crippen LogP contribution in [0, 0.1) is 4.64 Å². The Morgan fingerprint density at radius 3 is 2.82 bits per heavy atom. The van der Waals surface area contributed by atoms with Crippen LogP contribution in [-0.4, -0.2) is 15.7 Å². The molecule has 0 unspecified atom stereocenters. The molecule has 3 nitrogen and oxygen atoms in total. The Bertz CT molecular complexity index is 343. The molecule has 0 saturated carbocycles. The van der Waals surface area contributed by atoms with Crippen molar-refractivity contribution in [2.75, 3.05) is 0 Å². The van der Waals surface area contributed by atoms with Gasteiger partial charge in [-0.2, -0.15) is 4.73 Å². The van der Waals surface area contributed by atoms with E-state index >= 15 is 0 Å². The number of aromatic nitrogens is 1. The first-order valence-corrected chi connectivity index (χ1v) is 3.45. The maximum absolute atomic E-state index is 10.8. The van der Waals surface area contributed by atoms with Crippen LogP contribution >= 0.6 is 12.2 Å². The topological polar surface area (TPSA) is 42.2 Å². The third-order valence-electron chi connectivity index (χ3n) is 1.31. The van der Waals surface area contributed by atoms with Crippen molar-refractivity contribution < 1.29 is 10.0 Å². The Morgan fingerprint density at radius 2 is 2.36 bits per heavy atom. The van der Waals surface area contributed by atoms with Crippen LogP contribution in [-0.2, 0) is 0 Å². The fraction of sp³-hybridized carbons (Fsp3) is 0.143. The van der Waals surface area contributed by atoms with Gasteiger partial charge in [0.15, 0.2) is 5.78 Å². The van der Waals surface area contributed by atoms with Crippen LogP contribution in [0.4, 0.5) is 0 Å². The quantitative estimate of drug-likeness (QED) is 0.395. The van der Waals surface area contributed by atoms with Gasteiger partial charge in [0, 0.05) is 11.8 Å². The highest BCUT2D eigenvalue weighted by Crippen LogP contribution is 2.00. The zero-order valence-corrected chi connectivity index (χ0v) is 6.76. The van der Waals surface area contributed by atoms with Gasteiger partial charge in [-0.05, 0) is 19.1 Å². The maximum Gasteiger partial charge on any atom is 0.159 e. The van der Waals surface area contributed by atoms with Gasteiger partial charge in [0.1, 0.15) is 4.64 Å². The van der Waals surface area contributed by atoms with Gasteiger partial charge in [-0.25, -0.2) is 0 Å². The first-order chi connectivity index (χ1) is 5.11. The Labute approximate surface area is 68.9 Å². The van der Waals surface area contributed by atoms with E-state index in [1.807, 2.05) is 0 Å². The number of carbonyl (C=O) groups is 1. The highest BCUT2D eigenvalue weighted by Gasteiger charge is 1.98. The molecule has 4 heteroatoms. The van der Waals surface area contributed by atoms with Crippen LogP contribution in [0.2, 0.25) is 0 Å². The van der Waals surface area contributed by atoms with Gasteiger partial charge in [0.05, 0.1) is 0 Å². The minimum atomic E-state index is -0.0586. The highest BCUT2D eigenvalue weighted by atomic mass is 32.1. The Hall–Kier alpha value is -1.16. The number of hydrogen-bond acceptors (Lipinski definition) is 3. The molecule has 0 amide bonds. The number of pyridine rings is 1. The van der Waals surface area contributed by atoms with Crippen molar-refractivity contribution in [3.63, 3.8) is 0 Å². The second-order valence-electron chi connectivity index (χ2n) is 2.15. The van der Waals surface area contributed by atoms with Crippen molar-refractivity contribution in [2.45, 2.75) is 6.92 Å². The Balaban J connectivity index is 3.26. The summed E-state index contributed by atoms with van der Waals surface area (Å²) in [7, 11) is 0. The molecule has 0 aromatic carbocycles. The average molecular weight is 169 g/mol. The molecule has 1 heterocycles. The molecule has 0 spiro atoms. The van der Waals surface area contributed by atoms with Crippen molar-refractivity contribution in [1.29, 1.82) is 0 Å². The lowest BCUT2D eigenvalue weighted by Gasteiger charge is -1.97. The predicted molar refractivity (Wildman–Crippen MR) is 42.5 cm³/mol. The number of Topliss-reactive ketones (excluding diaryl/α,β-unsaturated/α-hetero) is 1. The largest absolute Gasteiger partial charge is 0.428 e. The lowest BCUT2D eigenvalue weighted by atomic mass is 10.2. The van der Waals surface area contributed by atoms with E-state index in [0.717, 1.165) is 4.73 Å². The monoisotopic (exact) mass is 169 g/mol. The summed E-state index contributed by atoms with van der Waals surface area (Å²) in [5.41, 5.74) is 0.514. The van der Waals surface area contributed by atoms with Gasteiger partial charge >= 0.3 is 0 Å². The fourth-order valence-electron chi connectivity index (χ4n) is 0.691. The molecule has 0 aliphatic rings. The molecule has 0 fully saturated rings. The summed E-state index contributed by atoms with van der Waals surface area (Å²) in [6.07, 6.45) is 1.35. The summed E-state index contributed by atoms with van der Waals surface area (Å²) in [6, 6.07) is 2.97. The summed E-state index contributed by atoms with van der Waals surface area (Å²) >= 11 is 4.72. The minimum absolute atomic E-state index is 0.0586. The van der Waals surface area contributed by atoms with E-state index in [1.54, 1.807) is 0 Å². The molecule has 0 bridgehead atoms. The molecule has 11 heavy (non-hydrogen) atoms. The second-order valence-corrected chi connectivity index (χ2v) is 2.57. The predicted octanol–water partition coefficient (Wildman–Crippen LogP) is 1.66. The molecule has 0 radical (unpaired) electrons. The number of hydrogen-bond donors (Lipinski definition) is 1. The summed E-state index contributed by atoms with van der Waals surface area (Å²) < 4.78 is 1.03. The highest BCUT2D eigenvalue weighted by molar-refractivity contribution is 7.71. The van der Waals surface area contributed by atoms with Crippen LogP contribution < -0.4 is 0 Å². The van der Waals surface area contributed by atoms with Gasteiger partial charge in [-0.1, -0.05) is 12.2 Å². The molecule has 0 atom stereocenters. The summed E-state index contributed by atoms with van der Waals surface area (Å²) in [4.78, 5) is 10.8. The number of ketones is 1. The number of carbonyl (C=O) groups excluding carboxylic acids is 1. The normalized spacial score (nSPS) is 9.55. The third kappa shape index (κ3) is 1.65. The first-order valence-electron chi connectivity index (χ1n) is 3.04. The molecule has 1 aromatic heterocycles. The molecule has 58 valence electrons. The summed E-state index contributed by atoms with van der Waals surface area (Å²) in [5.74, 6) is -0.0586. The minimum Gasteiger partial charge on any atom is -0.428 e. The third-order valence-corrected chi connectivity index (χ3v) is 1.61. The van der Waals surface area contributed by atoms with Crippen molar-refractivity contribution in [3.05, 3.63) is 28.5 Å². The summed E-state index contributed by atoms with van der Waals surface area (Å²) in [5, 5.41) is 8.93. The first kappa shape index (κ1) is 7.94. The van der Waals surface area contributed by atoms with Gasteiger partial charge in [-0.15, -0.1) is 0 Å². The van der Waals surface area contributed by atoms with Crippen molar-refractivity contribution in [3.8, 4) is 0 Å². The fourth-order valence-corrected chi connectivity index (χ4v) is 0.878. The van der Waals surface area contributed by atoms with E-state index in [4.69, 9.17) is 17.4 Å². The average Bonchev–Trinajstić information content (AvgIpc) is 1.94. The molecule has 1 N–H and O–H groups in total. The summed E-state index contributed by atoms with van der Waals surface area (Å²) in [6.45, 7) is 1.45. The van der Waals surface area contributed by atoms with E-state index in [-0.39, 0.29) is 10.4 Å². The zero-order valence-electron chi connectivity index (χ0n) is 5.94. The van der Waals surface area contributed by atoms with Crippen molar-refractivity contribution in [1.82, 2.24) is 4.73 Å². The smallest absolute Gasteiger partial charge is 0.159 e.